The molecule has 0 aliphatic carbocycles. The first-order chi connectivity index (χ1) is 8.13. The quantitative estimate of drug-likeness (QED) is 0.594. The molecular weight excluding hydrogens is 242 g/mol. The van der Waals surface area contributed by atoms with Crippen LogP contribution in [0.4, 0.5) is 5.69 Å². The summed E-state index contributed by atoms with van der Waals surface area (Å²) < 4.78 is 10.0. The second kappa shape index (κ2) is 7.68. The van der Waals surface area contributed by atoms with Crippen LogP contribution in [0.25, 0.3) is 5.76 Å². The van der Waals surface area contributed by atoms with Gasteiger partial charge in [0.2, 0.25) is 0 Å². The molecule has 17 heavy (non-hydrogen) atoms. The second-order valence-electron chi connectivity index (χ2n) is 2.72. The first kappa shape index (κ1) is 15.5. The molecule has 0 N–H and O–H groups in total. The zero-order chi connectivity index (χ0) is 13.4. The van der Waals surface area contributed by atoms with Gasteiger partial charge in [0.1, 0.15) is 17.2 Å². The van der Waals surface area contributed by atoms with Gasteiger partial charge in [0.15, 0.2) is 0 Å². The van der Waals surface area contributed by atoms with Gasteiger partial charge in [-0.25, -0.2) is 0 Å². The maximum Gasteiger partial charge on any atom is 0.131 e. The summed E-state index contributed by atoms with van der Waals surface area (Å²) in [5, 5.41) is 3.02. The Morgan fingerprint density at radius 2 is 1.94 bits per heavy atom. The highest BCUT2D eigenvalue weighted by molar-refractivity contribution is 6.33. The van der Waals surface area contributed by atoms with Gasteiger partial charge in [0.25, 0.3) is 0 Å². The highest BCUT2D eigenvalue weighted by atomic mass is 35.5. The van der Waals surface area contributed by atoms with Crippen LogP contribution >= 0.6 is 11.6 Å². The molecule has 0 fully saturated rings. The Hall–Kier alpha value is -1.55. The Labute approximate surface area is 106 Å². The standard InChI is InChI=1S/C10H10ClNO3.C2H6/c1-6(14-2)7-4-9(12-13)8(11)5-10(7)15-3;1-2/h4-5H,1H2,2-3H3;1-2H3. The van der Waals surface area contributed by atoms with Gasteiger partial charge in [-0.05, 0) is 11.2 Å². The Kier molecular flexibility index (Phi) is 6.98. The molecule has 0 aliphatic rings. The highest BCUT2D eigenvalue weighted by Crippen LogP contribution is 2.35. The minimum absolute atomic E-state index is 0.130. The van der Waals surface area contributed by atoms with Crippen molar-refractivity contribution in [3.8, 4) is 5.75 Å². The summed E-state index contributed by atoms with van der Waals surface area (Å²) in [6.07, 6.45) is 0. The molecule has 4 nitrogen and oxygen atoms in total. The van der Waals surface area contributed by atoms with Crippen LogP contribution in [-0.4, -0.2) is 14.2 Å². The van der Waals surface area contributed by atoms with E-state index in [1.165, 1.54) is 26.4 Å². The summed E-state index contributed by atoms with van der Waals surface area (Å²) in [4.78, 5) is 10.4. The monoisotopic (exact) mass is 257 g/mol. The van der Waals surface area contributed by atoms with Crippen molar-refractivity contribution in [1.29, 1.82) is 0 Å². The summed E-state index contributed by atoms with van der Waals surface area (Å²) in [7, 11) is 2.97. The van der Waals surface area contributed by atoms with E-state index >= 15 is 0 Å². The molecule has 0 atom stereocenters. The van der Waals surface area contributed by atoms with Gasteiger partial charge in [-0.1, -0.05) is 32.0 Å². The molecule has 0 aromatic heterocycles. The number of hydrogen-bond donors (Lipinski definition) is 0. The van der Waals surface area contributed by atoms with E-state index in [1.807, 2.05) is 13.8 Å². The molecular formula is C12H16ClNO3. The molecule has 94 valence electrons. The first-order valence-corrected chi connectivity index (χ1v) is 5.46. The minimum atomic E-state index is 0.130. The normalized spacial score (nSPS) is 8.76. The molecule has 5 heteroatoms. The van der Waals surface area contributed by atoms with Crippen LogP contribution in [0, 0.1) is 4.91 Å². The smallest absolute Gasteiger partial charge is 0.131 e. The van der Waals surface area contributed by atoms with Crippen LogP contribution < -0.4 is 4.74 Å². The molecule has 0 unspecified atom stereocenters. The van der Waals surface area contributed by atoms with Crippen molar-refractivity contribution in [2.75, 3.05) is 14.2 Å². The second-order valence-corrected chi connectivity index (χ2v) is 3.13. The van der Waals surface area contributed by atoms with Crippen LogP contribution in [0.15, 0.2) is 23.9 Å². The van der Waals surface area contributed by atoms with Gasteiger partial charge in [-0.3, -0.25) is 0 Å². The van der Waals surface area contributed by atoms with E-state index in [9.17, 15) is 4.91 Å². The number of hydrogen-bond acceptors (Lipinski definition) is 4. The van der Waals surface area contributed by atoms with E-state index in [0.29, 0.717) is 17.1 Å². The van der Waals surface area contributed by atoms with Crippen LogP contribution in [0.2, 0.25) is 5.02 Å². The third-order valence-corrected chi connectivity index (χ3v) is 2.22. The minimum Gasteiger partial charge on any atom is -0.497 e. The van der Waals surface area contributed by atoms with Gasteiger partial charge >= 0.3 is 0 Å². The van der Waals surface area contributed by atoms with E-state index in [1.54, 1.807) is 0 Å². The molecule has 0 aliphatic heterocycles. The molecule has 0 saturated heterocycles. The van der Waals surface area contributed by atoms with Crippen molar-refractivity contribution in [3.63, 3.8) is 0 Å². The Bertz CT molecular complexity index is 405. The lowest BCUT2D eigenvalue weighted by Crippen LogP contribution is -1.92. The SMILES string of the molecule is C=C(OC)c1cc(N=O)c(Cl)cc1OC.CC. The zero-order valence-corrected chi connectivity index (χ0v) is 11.2. The lowest BCUT2D eigenvalue weighted by Gasteiger charge is -2.10. The van der Waals surface area contributed by atoms with E-state index < -0.39 is 0 Å². The third kappa shape index (κ3) is 3.75. The van der Waals surface area contributed by atoms with Crippen molar-refractivity contribution in [2.24, 2.45) is 5.18 Å². The van der Waals surface area contributed by atoms with Crippen LogP contribution in [0.5, 0.6) is 5.75 Å². The average Bonchev–Trinajstić information content (AvgIpc) is 2.39. The molecule has 1 rings (SSSR count). The third-order valence-electron chi connectivity index (χ3n) is 1.91. The maximum atomic E-state index is 10.4. The average molecular weight is 258 g/mol. The van der Waals surface area contributed by atoms with Gasteiger partial charge in [-0.15, -0.1) is 4.91 Å². The van der Waals surface area contributed by atoms with Gasteiger partial charge < -0.3 is 9.47 Å². The van der Waals surface area contributed by atoms with E-state index in [4.69, 9.17) is 21.1 Å². The van der Waals surface area contributed by atoms with Crippen molar-refractivity contribution >= 4 is 23.0 Å². The molecule has 0 heterocycles. The molecule has 0 bridgehead atoms. The Morgan fingerprint density at radius 1 is 1.35 bits per heavy atom. The van der Waals surface area contributed by atoms with Crippen molar-refractivity contribution in [2.45, 2.75) is 13.8 Å². The molecule has 1 aromatic rings. The molecule has 0 amide bonds. The molecule has 0 spiro atoms. The van der Waals surface area contributed by atoms with Crippen LogP contribution in [0.1, 0.15) is 19.4 Å². The topological polar surface area (TPSA) is 47.9 Å². The molecule has 0 radical (unpaired) electrons. The predicted octanol–water partition coefficient (Wildman–Crippen LogP) is 4.39. The summed E-state index contributed by atoms with van der Waals surface area (Å²) in [6.45, 7) is 7.67. The van der Waals surface area contributed by atoms with Crippen molar-refractivity contribution in [3.05, 3.63) is 34.2 Å². The molecule has 0 saturated carbocycles. The number of methoxy groups -OCH3 is 2. The number of halogens is 1. The van der Waals surface area contributed by atoms with Crippen molar-refractivity contribution in [1.82, 2.24) is 0 Å². The summed E-state index contributed by atoms with van der Waals surface area (Å²) in [5.41, 5.74) is 0.685. The lowest BCUT2D eigenvalue weighted by atomic mass is 10.1. The maximum absolute atomic E-state index is 10.4. The van der Waals surface area contributed by atoms with E-state index in [2.05, 4.69) is 11.8 Å². The van der Waals surface area contributed by atoms with E-state index in [0.717, 1.165) is 0 Å². The van der Waals surface area contributed by atoms with Gasteiger partial charge in [0.05, 0.1) is 24.8 Å². The fourth-order valence-electron chi connectivity index (χ4n) is 1.11. The summed E-state index contributed by atoms with van der Waals surface area (Å²) in [6, 6.07) is 2.97. The Balaban J connectivity index is 0.00000121. The van der Waals surface area contributed by atoms with Gasteiger partial charge in [-0.2, -0.15) is 0 Å². The summed E-state index contributed by atoms with van der Waals surface area (Å²) in [5.74, 6) is 0.868. The van der Waals surface area contributed by atoms with Crippen LogP contribution in [-0.2, 0) is 4.74 Å². The first-order valence-electron chi connectivity index (χ1n) is 5.08. The fraction of sp³-hybridized carbons (Fsp3) is 0.333. The highest BCUT2D eigenvalue weighted by Gasteiger charge is 2.12. The number of benzene rings is 1. The molecule has 1 aromatic carbocycles. The van der Waals surface area contributed by atoms with Crippen molar-refractivity contribution < 1.29 is 9.47 Å². The number of ether oxygens (including phenoxy) is 2. The number of rotatable bonds is 4. The van der Waals surface area contributed by atoms with Crippen LogP contribution in [0.3, 0.4) is 0 Å². The van der Waals surface area contributed by atoms with E-state index in [-0.39, 0.29) is 10.7 Å². The largest absolute Gasteiger partial charge is 0.497 e. The van der Waals surface area contributed by atoms with Gasteiger partial charge in [0, 0.05) is 6.07 Å². The lowest BCUT2D eigenvalue weighted by molar-refractivity contribution is 0.363. The fourth-order valence-corrected chi connectivity index (χ4v) is 1.30. The number of nitrogens with zero attached hydrogens (tertiary/aromatic N) is 1. The number of nitroso groups, excluding NO2 is 1. The summed E-state index contributed by atoms with van der Waals surface area (Å²) >= 11 is 5.78. The zero-order valence-electron chi connectivity index (χ0n) is 10.4. The predicted molar refractivity (Wildman–Crippen MR) is 70.9 cm³/mol. The Morgan fingerprint density at radius 3 is 2.35 bits per heavy atom.